The Morgan fingerprint density at radius 3 is 2.82 bits per heavy atom. The molecule has 118 valence electrons. The van der Waals surface area contributed by atoms with E-state index in [9.17, 15) is 4.79 Å². The van der Waals surface area contributed by atoms with Crippen molar-refractivity contribution in [2.24, 2.45) is 0 Å². The maximum atomic E-state index is 11.5. The van der Waals surface area contributed by atoms with Gasteiger partial charge in [0.15, 0.2) is 0 Å². The molecular weight excluding hydrogens is 284 g/mol. The molecule has 3 N–H and O–H groups in total. The molecule has 1 aromatic carbocycles. The van der Waals surface area contributed by atoms with E-state index in [2.05, 4.69) is 31.3 Å². The number of anilines is 1. The van der Waals surface area contributed by atoms with Crippen LogP contribution in [0.5, 0.6) is 0 Å². The lowest BCUT2D eigenvalue weighted by Crippen LogP contribution is -2.34. The van der Waals surface area contributed by atoms with Crippen LogP contribution in [-0.4, -0.2) is 45.4 Å². The molecule has 0 fully saturated rings. The molecule has 1 aromatic heterocycles. The number of hydrogen-bond donors (Lipinski definition) is 3. The number of nitrogens with zero attached hydrogens (tertiary/aromatic N) is 3. The van der Waals surface area contributed by atoms with Gasteiger partial charge in [-0.25, -0.2) is 4.79 Å². The summed E-state index contributed by atoms with van der Waals surface area (Å²) in [5.74, 6) is 0.538. The van der Waals surface area contributed by atoms with Gasteiger partial charge in [0.1, 0.15) is 5.60 Å². The molecule has 2 aromatic rings. The van der Waals surface area contributed by atoms with E-state index in [1.165, 1.54) is 0 Å². The molecule has 0 unspecified atom stereocenters. The minimum Gasteiger partial charge on any atom is -0.444 e. The molecule has 0 aliphatic rings. The number of amides is 1. The van der Waals surface area contributed by atoms with Crippen molar-refractivity contribution in [2.75, 3.05) is 18.4 Å². The molecular formula is C14H20N6O2. The first kappa shape index (κ1) is 15.7. The van der Waals surface area contributed by atoms with Crippen molar-refractivity contribution in [1.82, 2.24) is 25.9 Å². The van der Waals surface area contributed by atoms with Crippen LogP contribution in [0.25, 0.3) is 11.4 Å². The highest BCUT2D eigenvalue weighted by Gasteiger charge is 2.15. The number of nitrogens with one attached hydrogen (secondary N) is 3. The number of aromatic amines is 1. The number of carbonyl (C=O) groups excluding carboxylic acids is 1. The van der Waals surface area contributed by atoms with Crippen molar-refractivity contribution in [1.29, 1.82) is 0 Å². The summed E-state index contributed by atoms with van der Waals surface area (Å²) in [6.07, 6.45) is -0.421. The van der Waals surface area contributed by atoms with Gasteiger partial charge in [0.2, 0.25) is 5.82 Å². The fourth-order valence-corrected chi connectivity index (χ4v) is 1.74. The number of ether oxygens (including phenoxy) is 1. The SMILES string of the molecule is CC(C)(C)OC(=O)NCCNc1cccc(-c2nn[nH]n2)c1. The fourth-order valence-electron chi connectivity index (χ4n) is 1.74. The highest BCUT2D eigenvalue weighted by atomic mass is 16.6. The van der Waals surface area contributed by atoms with E-state index in [0.29, 0.717) is 18.9 Å². The summed E-state index contributed by atoms with van der Waals surface area (Å²) >= 11 is 0. The number of H-pyrrole nitrogens is 1. The third-order valence-electron chi connectivity index (χ3n) is 2.59. The van der Waals surface area contributed by atoms with Crippen LogP contribution in [0.2, 0.25) is 0 Å². The highest BCUT2D eigenvalue weighted by molar-refractivity contribution is 5.67. The van der Waals surface area contributed by atoms with Gasteiger partial charge >= 0.3 is 6.09 Å². The Bertz CT molecular complexity index is 606. The zero-order chi connectivity index (χ0) is 16.0. The minimum absolute atomic E-state index is 0.421. The van der Waals surface area contributed by atoms with Gasteiger partial charge in [-0.05, 0) is 38.1 Å². The average Bonchev–Trinajstić information content (AvgIpc) is 2.96. The number of hydrogen-bond acceptors (Lipinski definition) is 6. The largest absolute Gasteiger partial charge is 0.444 e. The van der Waals surface area contributed by atoms with Gasteiger partial charge in [0.25, 0.3) is 0 Å². The molecule has 22 heavy (non-hydrogen) atoms. The topological polar surface area (TPSA) is 105 Å². The first-order chi connectivity index (χ1) is 10.4. The van der Waals surface area contributed by atoms with Crippen molar-refractivity contribution >= 4 is 11.8 Å². The van der Waals surface area contributed by atoms with Gasteiger partial charge < -0.3 is 15.4 Å². The van der Waals surface area contributed by atoms with Crippen LogP contribution in [-0.2, 0) is 4.74 Å². The van der Waals surface area contributed by atoms with E-state index >= 15 is 0 Å². The number of carbonyl (C=O) groups is 1. The summed E-state index contributed by atoms with van der Waals surface area (Å²) in [5.41, 5.74) is 1.28. The van der Waals surface area contributed by atoms with Gasteiger partial charge in [0, 0.05) is 24.3 Å². The van der Waals surface area contributed by atoms with Gasteiger partial charge in [-0.3, -0.25) is 0 Å². The summed E-state index contributed by atoms with van der Waals surface area (Å²) in [6.45, 7) is 6.52. The zero-order valence-corrected chi connectivity index (χ0v) is 12.9. The maximum Gasteiger partial charge on any atom is 0.407 e. The van der Waals surface area contributed by atoms with Gasteiger partial charge in [-0.1, -0.05) is 12.1 Å². The number of rotatable bonds is 5. The van der Waals surface area contributed by atoms with Crippen molar-refractivity contribution in [3.05, 3.63) is 24.3 Å². The van der Waals surface area contributed by atoms with Crippen LogP contribution in [0.4, 0.5) is 10.5 Å². The molecule has 0 aliphatic carbocycles. The Balaban J connectivity index is 1.78. The van der Waals surface area contributed by atoms with Gasteiger partial charge in [-0.15, -0.1) is 10.2 Å². The number of alkyl carbamates (subject to hydrolysis) is 1. The number of aromatic nitrogens is 4. The molecule has 0 bridgehead atoms. The average molecular weight is 304 g/mol. The predicted molar refractivity (Wildman–Crippen MR) is 82.3 cm³/mol. The van der Waals surface area contributed by atoms with E-state index in [4.69, 9.17) is 4.74 Å². The Hall–Kier alpha value is -2.64. The monoisotopic (exact) mass is 304 g/mol. The quantitative estimate of drug-likeness (QED) is 0.728. The van der Waals surface area contributed by atoms with Crippen LogP contribution in [0.3, 0.4) is 0 Å². The normalized spacial score (nSPS) is 11.0. The summed E-state index contributed by atoms with van der Waals surface area (Å²) in [7, 11) is 0. The van der Waals surface area contributed by atoms with Crippen LogP contribution in [0, 0.1) is 0 Å². The second-order valence-corrected chi connectivity index (χ2v) is 5.67. The van der Waals surface area contributed by atoms with E-state index in [1.54, 1.807) is 0 Å². The van der Waals surface area contributed by atoms with Crippen LogP contribution in [0.15, 0.2) is 24.3 Å². The van der Waals surface area contributed by atoms with Crippen molar-refractivity contribution in [2.45, 2.75) is 26.4 Å². The summed E-state index contributed by atoms with van der Waals surface area (Å²) in [5, 5.41) is 19.7. The lowest BCUT2D eigenvalue weighted by atomic mass is 10.2. The van der Waals surface area contributed by atoms with Crippen LogP contribution >= 0.6 is 0 Å². The second kappa shape index (κ2) is 6.88. The lowest BCUT2D eigenvalue weighted by Gasteiger charge is -2.19. The molecule has 0 saturated carbocycles. The van der Waals surface area contributed by atoms with Gasteiger partial charge in [-0.2, -0.15) is 5.21 Å². The van der Waals surface area contributed by atoms with Crippen molar-refractivity contribution in [3.63, 3.8) is 0 Å². The van der Waals surface area contributed by atoms with Gasteiger partial charge in [0.05, 0.1) is 0 Å². The van der Waals surface area contributed by atoms with Crippen molar-refractivity contribution in [3.8, 4) is 11.4 Å². The van der Waals surface area contributed by atoms with Crippen LogP contribution < -0.4 is 10.6 Å². The number of tetrazole rings is 1. The lowest BCUT2D eigenvalue weighted by molar-refractivity contribution is 0.0530. The van der Waals surface area contributed by atoms with Crippen molar-refractivity contribution < 1.29 is 9.53 Å². The summed E-state index contributed by atoms with van der Waals surface area (Å²) in [6, 6.07) is 7.64. The molecule has 8 heteroatoms. The Labute approximate surface area is 128 Å². The number of benzene rings is 1. The summed E-state index contributed by atoms with van der Waals surface area (Å²) in [4.78, 5) is 11.5. The second-order valence-electron chi connectivity index (χ2n) is 5.67. The first-order valence-electron chi connectivity index (χ1n) is 6.99. The maximum absolute atomic E-state index is 11.5. The fraction of sp³-hybridized carbons (Fsp3) is 0.429. The predicted octanol–water partition coefficient (Wildman–Crippen LogP) is 1.80. The Morgan fingerprint density at radius 2 is 2.14 bits per heavy atom. The Kier molecular flexibility index (Phi) is 4.92. The Morgan fingerprint density at radius 1 is 1.32 bits per heavy atom. The molecule has 0 radical (unpaired) electrons. The zero-order valence-electron chi connectivity index (χ0n) is 12.9. The molecule has 0 saturated heterocycles. The first-order valence-corrected chi connectivity index (χ1v) is 6.99. The highest BCUT2D eigenvalue weighted by Crippen LogP contribution is 2.17. The molecule has 2 rings (SSSR count). The third kappa shape index (κ3) is 5.04. The molecule has 0 aliphatic heterocycles. The molecule has 0 spiro atoms. The minimum atomic E-state index is -0.490. The molecule has 1 heterocycles. The van der Waals surface area contributed by atoms with E-state index in [0.717, 1.165) is 11.3 Å². The van der Waals surface area contributed by atoms with E-state index in [-0.39, 0.29) is 0 Å². The van der Waals surface area contributed by atoms with E-state index in [1.807, 2.05) is 45.0 Å². The molecule has 8 nitrogen and oxygen atoms in total. The smallest absolute Gasteiger partial charge is 0.407 e. The van der Waals surface area contributed by atoms with Crippen LogP contribution in [0.1, 0.15) is 20.8 Å². The standard InChI is InChI=1S/C14H20N6O2/c1-14(2,3)22-13(21)16-8-7-15-11-6-4-5-10(9-11)12-17-19-20-18-12/h4-6,9,15H,7-8H2,1-3H3,(H,16,21)(H,17,18,19,20). The molecule has 1 amide bonds. The third-order valence-corrected chi connectivity index (χ3v) is 2.59. The molecule has 0 atom stereocenters. The summed E-state index contributed by atoms with van der Waals surface area (Å²) < 4.78 is 5.15. The van der Waals surface area contributed by atoms with E-state index < -0.39 is 11.7 Å².